The molecule has 0 aliphatic heterocycles. The van der Waals surface area contributed by atoms with E-state index in [-0.39, 0.29) is 5.78 Å². The first-order valence-electron chi connectivity index (χ1n) is 5.95. The molecule has 0 saturated heterocycles. The molecule has 0 aliphatic rings. The summed E-state index contributed by atoms with van der Waals surface area (Å²) >= 11 is 1.53. The number of thiophene rings is 1. The van der Waals surface area contributed by atoms with E-state index in [1.165, 1.54) is 22.5 Å². The van der Waals surface area contributed by atoms with E-state index < -0.39 is 6.04 Å². The third-order valence-electron chi connectivity index (χ3n) is 2.86. The molecule has 2 N–H and O–H groups in total. The summed E-state index contributed by atoms with van der Waals surface area (Å²) in [5.74, 6) is 0.0717. The SMILES string of the molecule is Cc1cc(C)cc(CC(=O)C(N)c2cccs2)c1. The van der Waals surface area contributed by atoms with Crippen LogP contribution in [0.3, 0.4) is 0 Å². The van der Waals surface area contributed by atoms with E-state index in [2.05, 4.69) is 6.07 Å². The second kappa shape index (κ2) is 5.46. The predicted molar refractivity (Wildman–Crippen MR) is 75.9 cm³/mol. The first kappa shape index (κ1) is 13.0. The topological polar surface area (TPSA) is 43.1 Å². The smallest absolute Gasteiger partial charge is 0.159 e. The molecule has 0 spiro atoms. The lowest BCUT2D eigenvalue weighted by Crippen LogP contribution is -2.22. The lowest BCUT2D eigenvalue weighted by atomic mass is 10.00. The number of carbonyl (C=O) groups excluding carboxylic acids is 1. The molecule has 0 saturated carbocycles. The highest BCUT2D eigenvalue weighted by atomic mass is 32.1. The highest BCUT2D eigenvalue weighted by Crippen LogP contribution is 2.19. The molecule has 1 unspecified atom stereocenters. The number of Topliss-reactive ketones (excluding diaryl/α,β-unsaturated/α-hetero) is 1. The number of carbonyl (C=O) groups is 1. The van der Waals surface area contributed by atoms with Crippen molar-refractivity contribution in [3.63, 3.8) is 0 Å². The molecule has 1 atom stereocenters. The van der Waals surface area contributed by atoms with Crippen LogP contribution in [0.2, 0.25) is 0 Å². The van der Waals surface area contributed by atoms with Crippen molar-refractivity contribution < 1.29 is 4.79 Å². The van der Waals surface area contributed by atoms with E-state index in [4.69, 9.17) is 5.73 Å². The Morgan fingerprint density at radius 3 is 2.50 bits per heavy atom. The number of ketones is 1. The number of hydrogen-bond donors (Lipinski definition) is 1. The van der Waals surface area contributed by atoms with Crippen molar-refractivity contribution in [2.75, 3.05) is 0 Å². The average molecular weight is 259 g/mol. The number of hydrogen-bond acceptors (Lipinski definition) is 3. The lowest BCUT2D eigenvalue weighted by Gasteiger charge is -2.09. The molecule has 94 valence electrons. The van der Waals surface area contributed by atoms with Gasteiger partial charge in [-0.1, -0.05) is 35.4 Å². The van der Waals surface area contributed by atoms with Crippen LogP contribution in [0.1, 0.15) is 27.6 Å². The number of nitrogens with two attached hydrogens (primary N) is 1. The fourth-order valence-corrected chi connectivity index (χ4v) is 2.86. The minimum Gasteiger partial charge on any atom is -0.317 e. The van der Waals surface area contributed by atoms with Crippen molar-refractivity contribution in [3.8, 4) is 0 Å². The Bertz CT molecular complexity index is 525. The van der Waals surface area contributed by atoms with Gasteiger partial charge < -0.3 is 5.73 Å². The number of rotatable bonds is 4. The zero-order chi connectivity index (χ0) is 13.1. The summed E-state index contributed by atoms with van der Waals surface area (Å²) in [7, 11) is 0. The van der Waals surface area contributed by atoms with Gasteiger partial charge in [0.2, 0.25) is 0 Å². The van der Waals surface area contributed by atoms with E-state index in [1.54, 1.807) is 0 Å². The average Bonchev–Trinajstić information content (AvgIpc) is 2.79. The first-order valence-corrected chi connectivity index (χ1v) is 6.83. The fourth-order valence-electron chi connectivity index (χ4n) is 2.11. The van der Waals surface area contributed by atoms with Crippen molar-refractivity contribution >= 4 is 17.1 Å². The highest BCUT2D eigenvalue weighted by molar-refractivity contribution is 7.10. The summed E-state index contributed by atoms with van der Waals surface area (Å²) in [6, 6.07) is 9.54. The van der Waals surface area contributed by atoms with Gasteiger partial charge in [-0.15, -0.1) is 11.3 Å². The van der Waals surface area contributed by atoms with Crippen molar-refractivity contribution in [1.29, 1.82) is 0 Å². The second-order valence-corrected chi connectivity index (χ2v) is 5.61. The van der Waals surface area contributed by atoms with Crippen LogP contribution in [-0.2, 0) is 11.2 Å². The fraction of sp³-hybridized carbons (Fsp3) is 0.267. The van der Waals surface area contributed by atoms with Gasteiger partial charge >= 0.3 is 0 Å². The van der Waals surface area contributed by atoms with Crippen LogP contribution in [0.4, 0.5) is 0 Å². The Labute approximate surface area is 111 Å². The molecule has 1 heterocycles. The minimum atomic E-state index is -0.495. The molecule has 0 radical (unpaired) electrons. The second-order valence-electron chi connectivity index (χ2n) is 4.63. The van der Waals surface area contributed by atoms with E-state index >= 15 is 0 Å². The molecule has 0 amide bonds. The van der Waals surface area contributed by atoms with Crippen molar-refractivity contribution in [2.24, 2.45) is 5.73 Å². The normalized spacial score (nSPS) is 12.4. The van der Waals surface area contributed by atoms with Gasteiger partial charge in [-0.2, -0.15) is 0 Å². The van der Waals surface area contributed by atoms with Gasteiger partial charge in [0.25, 0.3) is 0 Å². The van der Waals surface area contributed by atoms with Gasteiger partial charge in [-0.25, -0.2) is 0 Å². The van der Waals surface area contributed by atoms with Gasteiger partial charge in [0, 0.05) is 11.3 Å². The summed E-state index contributed by atoms with van der Waals surface area (Å²) in [6.07, 6.45) is 0.404. The molecule has 18 heavy (non-hydrogen) atoms. The highest BCUT2D eigenvalue weighted by Gasteiger charge is 2.17. The lowest BCUT2D eigenvalue weighted by molar-refractivity contribution is -0.119. The summed E-state index contributed by atoms with van der Waals surface area (Å²) in [4.78, 5) is 13.0. The van der Waals surface area contributed by atoms with Crippen LogP contribution in [0.25, 0.3) is 0 Å². The largest absolute Gasteiger partial charge is 0.317 e. The quantitative estimate of drug-likeness (QED) is 0.916. The van der Waals surface area contributed by atoms with Crippen LogP contribution in [0.5, 0.6) is 0 Å². The van der Waals surface area contributed by atoms with Crippen LogP contribution >= 0.6 is 11.3 Å². The van der Waals surface area contributed by atoms with Crippen LogP contribution in [0.15, 0.2) is 35.7 Å². The first-order chi connectivity index (χ1) is 8.56. The summed E-state index contributed by atoms with van der Waals surface area (Å²) in [6.45, 7) is 4.08. The van der Waals surface area contributed by atoms with Gasteiger partial charge in [-0.05, 0) is 30.9 Å². The summed E-state index contributed by atoms with van der Waals surface area (Å²) < 4.78 is 0. The molecular weight excluding hydrogens is 242 g/mol. The third-order valence-corrected chi connectivity index (χ3v) is 3.81. The van der Waals surface area contributed by atoms with E-state index in [1.807, 2.05) is 43.5 Å². The van der Waals surface area contributed by atoms with Gasteiger partial charge in [0.05, 0.1) is 6.04 Å². The molecule has 2 aromatic rings. The van der Waals surface area contributed by atoms with Crippen molar-refractivity contribution in [2.45, 2.75) is 26.3 Å². The molecule has 2 nitrogen and oxygen atoms in total. The summed E-state index contributed by atoms with van der Waals surface area (Å²) in [5.41, 5.74) is 9.38. The Balaban J connectivity index is 2.11. The monoisotopic (exact) mass is 259 g/mol. The molecule has 0 bridgehead atoms. The van der Waals surface area contributed by atoms with Crippen LogP contribution in [-0.4, -0.2) is 5.78 Å². The van der Waals surface area contributed by atoms with E-state index in [9.17, 15) is 4.79 Å². The molecule has 0 aliphatic carbocycles. The molecule has 1 aromatic carbocycles. The predicted octanol–water partition coefficient (Wildman–Crippen LogP) is 3.18. The zero-order valence-corrected chi connectivity index (χ0v) is 11.5. The maximum Gasteiger partial charge on any atom is 0.159 e. The number of aryl methyl sites for hydroxylation is 2. The summed E-state index contributed by atoms with van der Waals surface area (Å²) in [5, 5.41) is 1.94. The van der Waals surface area contributed by atoms with Gasteiger partial charge in [-0.3, -0.25) is 4.79 Å². The van der Waals surface area contributed by atoms with Crippen molar-refractivity contribution in [1.82, 2.24) is 0 Å². The van der Waals surface area contributed by atoms with Crippen LogP contribution in [0, 0.1) is 13.8 Å². The van der Waals surface area contributed by atoms with Crippen LogP contribution < -0.4 is 5.73 Å². The van der Waals surface area contributed by atoms with Gasteiger partial charge in [0.1, 0.15) is 0 Å². The van der Waals surface area contributed by atoms with Crippen molar-refractivity contribution in [3.05, 3.63) is 57.3 Å². The maximum absolute atomic E-state index is 12.1. The van der Waals surface area contributed by atoms with E-state index in [0.717, 1.165) is 10.4 Å². The Morgan fingerprint density at radius 1 is 1.28 bits per heavy atom. The standard InChI is InChI=1S/C15H17NOS/c1-10-6-11(2)8-12(7-10)9-13(17)15(16)14-4-3-5-18-14/h3-8,15H,9,16H2,1-2H3. The Morgan fingerprint density at radius 2 is 1.94 bits per heavy atom. The zero-order valence-electron chi connectivity index (χ0n) is 10.6. The maximum atomic E-state index is 12.1. The molecule has 2 rings (SSSR count). The molecular formula is C15H17NOS. The molecule has 1 aromatic heterocycles. The van der Waals surface area contributed by atoms with E-state index in [0.29, 0.717) is 6.42 Å². The molecule has 3 heteroatoms. The van der Waals surface area contributed by atoms with Gasteiger partial charge in [0.15, 0.2) is 5.78 Å². The minimum absolute atomic E-state index is 0.0717. The number of benzene rings is 1. The Kier molecular flexibility index (Phi) is 3.94. The third kappa shape index (κ3) is 3.06. The Hall–Kier alpha value is -1.45. The molecule has 0 fully saturated rings.